The molecule has 2 heteroatoms. The third-order valence-corrected chi connectivity index (χ3v) is 1.01. The molecule has 0 rings (SSSR count). The van der Waals surface area contributed by atoms with Crippen LogP contribution in [0, 0.1) is 11.3 Å². The van der Waals surface area contributed by atoms with E-state index in [0.29, 0.717) is 0 Å². The van der Waals surface area contributed by atoms with Crippen molar-refractivity contribution in [2.75, 3.05) is 0 Å². The lowest BCUT2D eigenvalue weighted by Gasteiger charge is -1.85. The summed E-state index contributed by atoms with van der Waals surface area (Å²) in [6.07, 6.45) is 3.53. The second-order valence-corrected chi connectivity index (χ2v) is 1.85. The molecule has 0 fully saturated rings. The number of hydrogen-bond acceptors (Lipinski definition) is 2. The third kappa shape index (κ3) is 3.62. The molecule has 0 saturated carbocycles. The number of allylic oxidation sites excluding steroid dienone is 3. The Morgan fingerprint density at radius 3 is 2.70 bits per heavy atom. The van der Waals surface area contributed by atoms with Crippen LogP contribution in [-0.4, -0.2) is 6.21 Å². The van der Waals surface area contributed by atoms with Crippen LogP contribution in [0.25, 0.3) is 0 Å². The number of aliphatic imine (C=N–C) groups is 1. The van der Waals surface area contributed by atoms with E-state index in [1.165, 1.54) is 0 Å². The summed E-state index contributed by atoms with van der Waals surface area (Å²) >= 11 is 0. The van der Waals surface area contributed by atoms with Gasteiger partial charge >= 0.3 is 0 Å². The van der Waals surface area contributed by atoms with Gasteiger partial charge in [-0.1, -0.05) is 12.7 Å². The molecule has 0 atom stereocenters. The minimum absolute atomic E-state index is 0.237. The van der Waals surface area contributed by atoms with Gasteiger partial charge in [-0.05, 0) is 19.4 Å². The van der Waals surface area contributed by atoms with Crippen molar-refractivity contribution in [3.05, 3.63) is 23.9 Å². The van der Waals surface area contributed by atoms with Gasteiger partial charge in [-0.2, -0.15) is 5.26 Å². The van der Waals surface area contributed by atoms with E-state index in [4.69, 9.17) is 5.26 Å². The first kappa shape index (κ1) is 8.64. The summed E-state index contributed by atoms with van der Waals surface area (Å²) in [6.45, 7) is 7.22. The first-order valence-corrected chi connectivity index (χ1v) is 2.96. The molecule has 52 valence electrons. The summed E-state index contributed by atoms with van der Waals surface area (Å²) in [6, 6.07) is 1.82. The van der Waals surface area contributed by atoms with Gasteiger partial charge in [-0.15, -0.1) is 0 Å². The summed E-state index contributed by atoms with van der Waals surface area (Å²) in [5, 5.41) is 8.24. The highest BCUT2D eigenvalue weighted by atomic mass is 14.7. The average molecular weight is 134 g/mol. The maximum atomic E-state index is 8.24. The van der Waals surface area contributed by atoms with E-state index in [1.807, 2.05) is 26.0 Å². The molecule has 0 aromatic heterocycles. The van der Waals surface area contributed by atoms with Crippen LogP contribution >= 0.6 is 0 Å². The van der Waals surface area contributed by atoms with Crippen molar-refractivity contribution in [1.29, 1.82) is 5.26 Å². The van der Waals surface area contributed by atoms with Gasteiger partial charge in [0.05, 0.1) is 0 Å². The van der Waals surface area contributed by atoms with Crippen LogP contribution in [0.15, 0.2) is 28.9 Å². The monoisotopic (exact) mass is 134 g/mol. The lowest BCUT2D eigenvalue weighted by molar-refractivity contribution is 1.39. The van der Waals surface area contributed by atoms with E-state index < -0.39 is 0 Å². The molecular formula is C8H10N2. The van der Waals surface area contributed by atoms with Crippen molar-refractivity contribution >= 4 is 6.21 Å². The van der Waals surface area contributed by atoms with Crippen LogP contribution in [0.1, 0.15) is 13.8 Å². The first-order valence-electron chi connectivity index (χ1n) is 2.96. The van der Waals surface area contributed by atoms with E-state index in [0.717, 1.165) is 5.57 Å². The third-order valence-electron chi connectivity index (χ3n) is 1.01. The zero-order valence-electron chi connectivity index (χ0n) is 6.26. The maximum Gasteiger partial charge on any atom is 0.133 e. The van der Waals surface area contributed by atoms with Gasteiger partial charge in [-0.25, -0.2) is 4.99 Å². The number of rotatable bonds is 2. The highest BCUT2D eigenvalue weighted by Gasteiger charge is 1.81. The molecule has 10 heavy (non-hydrogen) atoms. The second-order valence-electron chi connectivity index (χ2n) is 1.85. The maximum absolute atomic E-state index is 8.24. The SMILES string of the molecule is C=C(C#N)N=C/C(C)=C\C. The van der Waals surface area contributed by atoms with Crippen LogP contribution in [0.3, 0.4) is 0 Å². The molecule has 0 bridgehead atoms. The summed E-state index contributed by atoms with van der Waals surface area (Å²) in [5.41, 5.74) is 1.26. The predicted octanol–water partition coefficient (Wildman–Crippen LogP) is 2.06. The fourth-order valence-electron chi connectivity index (χ4n) is 0.283. The number of nitrogens with zero attached hydrogens (tertiary/aromatic N) is 2. The lowest BCUT2D eigenvalue weighted by atomic mass is 10.3. The van der Waals surface area contributed by atoms with Crippen molar-refractivity contribution in [2.45, 2.75) is 13.8 Å². The summed E-state index contributed by atoms with van der Waals surface area (Å²) in [5.74, 6) is 0. The largest absolute Gasteiger partial charge is 0.246 e. The van der Waals surface area contributed by atoms with Gasteiger partial charge in [-0.3, -0.25) is 0 Å². The highest BCUT2D eigenvalue weighted by molar-refractivity contribution is 5.78. The normalized spacial score (nSPS) is 11.5. The molecule has 0 amide bonds. The van der Waals surface area contributed by atoms with Crippen LogP contribution < -0.4 is 0 Å². The first-order chi connectivity index (χ1) is 4.70. The van der Waals surface area contributed by atoms with Gasteiger partial charge < -0.3 is 0 Å². The van der Waals surface area contributed by atoms with Crippen molar-refractivity contribution in [3.63, 3.8) is 0 Å². The standard InChI is InChI=1S/C8H10N2/c1-4-7(2)6-10-8(3)5-9/h4,6H,3H2,1-2H3/b7-4-,10-6?. The van der Waals surface area contributed by atoms with Gasteiger partial charge in [0.2, 0.25) is 0 Å². The predicted molar refractivity (Wildman–Crippen MR) is 42.7 cm³/mol. The fourth-order valence-corrected chi connectivity index (χ4v) is 0.283. The lowest BCUT2D eigenvalue weighted by Crippen LogP contribution is -1.76. The minimum Gasteiger partial charge on any atom is -0.246 e. The molecule has 2 nitrogen and oxygen atoms in total. The Morgan fingerprint density at radius 1 is 1.70 bits per heavy atom. The second kappa shape index (κ2) is 4.51. The molecule has 0 unspecified atom stereocenters. The Bertz CT molecular complexity index is 216. The molecule has 0 spiro atoms. The Balaban J connectivity index is 4.04. The van der Waals surface area contributed by atoms with Crippen molar-refractivity contribution < 1.29 is 0 Å². The van der Waals surface area contributed by atoms with Crippen LogP contribution in [0.2, 0.25) is 0 Å². The van der Waals surface area contributed by atoms with E-state index in [2.05, 4.69) is 11.6 Å². The molecule has 0 aliphatic heterocycles. The van der Waals surface area contributed by atoms with Crippen LogP contribution in [0.5, 0.6) is 0 Å². The molecule has 0 aliphatic rings. The average Bonchev–Trinajstić information content (AvgIpc) is 1.99. The molecule has 0 aromatic carbocycles. The Morgan fingerprint density at radius 2 is 2.30 bits per heavy atom. The molecular weight excluding hydrogens is 124 g/mol. The van der Waals surface area contributed by atoms with Gasteiger partial charge in [0, 0.05) is 6.21 Å². The Kier molecular flexibility index (Phi) is 3.90. The Hall–Kier alpha value is -1.36. The van der Waals surface area contributed by atoms with Crippen molar-refractivity contribution in [2.24, 2.45) is 4.99 Å². The van der Waals surface area contributed by atoms with E-state index in [-0.39, 0.29) is 5.70 Å². The highest BCUT2D eigenvalue weighted by Crippen LogP contribution is 1.91. The summed E-state index contributed by atoms with van der Waals surface area (Å²) < 4.78 is 0. The smallest absolute Gasteiger partial charge is 0.133 e. The van der Waals surface area contributed by atoms with Crippen molar-refractivity contribution in [1.82, 2.24) is 0 Å². The minimum atomic E-state index is 0.237. The van der Waals surface area contributed by atoms with Crippen molar-refractivity contribution in [3.8, 4) is 6.07 Å². The Labute approximate surface area is 61.2 Å². The number of hydrogen-bond donors (Lipinski definition) is 0. The topological polar surface area (TPSA) is 36.1 Å². The summed E-state index contributed by atoms with van der Waals surface area (Å²) in [4.78, 5) is 3.76. The van der Waals surface area contributed by atoms with E-state index in [1.54, 1.807) is 6.21 Å². The van der Waals surface area contributed by atoms with E-state index >= 15 is 0 Å². The molecule has 0 N–H and O–H groups in total. The summed E-state index contributed by atoms with van der Waals surface area (Å²) in [7, 11) is 0. The van der Waals surface area contributed by atoms with Gasteiger partial charge in [0.1, 0.15) is 11.8 Å². The van der Waals surface area contributed by atoms with Gasteiger partial charge in [0.15, 0.2) is 0 Å². The molecule has 0 aromatic rings. The zero-order valence-corrected chi connectivity index (χ0v) is 6.26. The van der Waals surface area contributed by atoms with Gasteiger partial charge in [0.25, 0.3) is 0 Å². The number of nitriles is 1. The quantitative estimate of drug-likeness (QED) is 0.420. The molecule has 0 aliphatic carbocycles. The van der Waals surface area contributed by atoms with E-state index in [9.17, 15) is 0 Å². The molecule has 0 heterocycles. The zero-order chi connectivity index (χ0) is 7.98. The molecule has 0 saturated heterocycles. The van der Waals surface area contributed by atoms with Crippen LogP contribution in [0.4, 0.5) is 0 Å². The van der Waals surface area contributed by atoms with Crippen LogP contribution in [-0.2, 0) is 0 Å². The molecule has 0 radical (unpaired) electrons. The fraction of sp³-hybridized carbons (Fsp3) is 0.250.